The van der Waals surface area contributed by atoms with E-state index < -0.39 is 0 Å². The van der Waals surface area contributed by atoms with Gasteiger partial charge in [-0.3, -0.25) is 19.4 Å². The fraction of sp³-hybridized carbons (Fsp3) is 0.360. The van der Waals surface area contributed by atoms with Crippen LogP contribution in [-0.4, -0.2) is 59.2 Å². The highest BCUT2D eigenvalue weighted by Crippen LogP contribution is 2.33. The molecule has 156 valence electrons. The van der Waals surface area contributed by atoms with E-state index in [-0.39, 0.29) is 11.8 Å². The van der Waals surface area contributed by atoms with Crippen LogP contribution in [0, 0.1) is 13.8 Å². The summed E-state index contributed by atoms with van der Waals surface area (Å²) >= 11 is 0. The molecule has 0 atom stereocenters. The standard InChI is InChI=1S/C25H29N3O2/c1-4-28-24(29)22(21-11-10-18(2)19(3)16-21)23(25(28)30)27-14-12-26(13-15-27)17-20-8-6-5-7-9-20/h5-11,16H,4,12-15,17H2,1-3H3. The van der Waals surface area contributed by atoms with E-state index in [1.807, 2.05) is 38.1 Å². The van der Waals surface area contributed by atoms with E-state index in [9.17, 15) is 9.59 Å². The molecule has 2 aromatic carbocycles. The lowest BCUT2D eigenvalue weighted by molar-refractivity contribution is -0.137. The van der Waals surface area contributed by atoms with Gasteiger partial charge in [0.1, 0.15) is 5.70 Å². The number of carbonyl (C=O) groups is 2. The predicted octanol–water partition coefficient (Wildman–Crippen LogP) is 3.22. The van der Waals surface area contributed by atoms with E-state index in [0.29, 0.717) is 17.8 Å². The predicted molar refractivity (Wildman–Crippen MR) is 119 cm³/mol. The van der Waals surface area contributed by atoms with Crippen LogP contribution in [0.2, 0.25) is 0 Å². The van der Waals surface area contributed by atoms with E-state index in [4.69, 9.17) is 0 Å². The molecule has 0 saturated carbocycles. The average Bonchev–Trinajstić information content (AvgIpc) is 3.01. The molecule has 2 aliphatic rings. The molecular formula is C25H29N3O2. The molecule has 0 radical (unpaired) electrons. The third-order valence-corrected chi connectivity index (χ3v) is 6.19. The lowest BCUT2D eigenvalue weighted by atomic mass is 9.99. The van der Waals surface area contributed by atoms with Gasteiger partial charge in [0.05, 0.1) is 5.57 Å². The molecule has 2 heterocycles. The van der Waals surface area contributed by atoms with Gasteiger partial charge in [-0.1, -0.05) is 48.5 Å². The molecule has 0 aliphatic carbocycles. The summed E-state index contributed by atoms with van der Waals surface area (Å²) in [7, 11) is 0. The van der Waals surface area contributed by atoms with Crippen molar-refractivity contribution in [1.29, 1.82) is 0 Å². The number of aryl methyl sites for hydroxylation is 2. The Hall–Kier alpha value is -2.92. The maximum Gasteiger partial charge on any atom is 0.277 e. The number of piperazine rings is 1. The minimum absolute atomic E-state index is 0.160. The molecule has 2 amide bonds. The van der Waals surface area contributed by atoms with Crippen LogP contribution in [0.25, 0.3) is 5.57 Å². The number of likely N-dealkylation sites (N-methyl/N-ethyl adjacent to an activating group) is 1. The van der Waals surface area contributed by atoms with Gasteiger partial charge in [-0.05, 0) is 43.0 Å². The van der Waals surface area contributed by atoms with E-state index >= 15 is 0 Å². The topological polar surface area (TPSA) is 43.9 Å². The minimum Gasteiger partial charge on any atom is -0.364 e. The molecule has 0 spiro atoms. The zero-order valence-corrected chi connectivity index (χ0v) is 18.0. The zero-order chi connectivity index (χ0) is 21.3. The summed E-state index contributed by atoms with van der Waals surface area (Å²) in [4.78, 5) is 32.1. The first-order valence-electron chi connectivity index (χ1n) is 10.7. The van der Waals surface area contributed by atoms with Gasteiger partial charge in [0.2, 0.25) is 0 Å². The normalized spacial score (nSPS) is 18.0. The highest BCUT2D eigenvalue weighted by molar-refractivity contribution is 6.35. The lowest BCUT2D eigenvalue weighted by Gasteiger charge is -2.36. The molecule has 4 rings (SSSR count). The number of carbonyl (C=O) groups excluding carboxylic acids is 2. The van der Waals surface area contributed by atoms with Crippen molar-refractivity contribution in [3.8, 4) is 0 Å². The van der Waals surface area contributed by atoms with E-state index in [1.165, 1.54) is 16.0 Å². The highest BCUT2D eigenvalue weighted by atomic mass is 16.2. The van der Waals surface area contributed by atoms with Gasteiger partial charge in [-0.25, -0.2) is 0 Å². The Kier molecular flexibility index (Phi) is 5.73. The average molecular weight is 404 g/mol. The van der Waals surface area contributed by atoms with Crippen molar-refractivity contribution in [2.24, 2.45) is 0 Å². The molecule has 30 heavy (non-hydrogen) atoms. The lowest BCUT2D eigenvalue weighted by Crippen LogP contribution is -2.47. The molecule has 1 saturated heterocycles. The van der Waals surface area contributed by atoms with Gasteiger partial charge >= 0.3 is 0 Å². The van der Waals surface area contributed by atoms with Gasteiger partial charge in [0.15, 0.2) is 0 Å². The Labute approximate surface area is 178 Å². The van der Waals surface area contributed by atoms with Crippen molar-refractivity contribution in [1.82, 2.24) is 14.7 Å². The monoisotopic (exact) mass is 403 g/mol. The highest BCUT2D eigenvalue weighted by Gasteiger charge is 2.41. The first-order valence-corrected chi connectivity index (χ1v) is 10.7. The summed E-state index contributed by atoms with van der Waals surface area (Å²) in [6.45, 7) is 10.5. The van der Waals surface area contributed by atoms with E-state index in [2.05, 4.69) is 41.0 Å². The van der Waals surface area contributed by atoms with Crippen LogP contribution in [-0.2, 0) is 16.1 Å². The fourth-order valence-corrected chi connectivity index (χ4v) is 4.27. The van der Waals surface area contributed by atoms with Crippen molar-refractivity contribution in [2.45, 2.75) is 27.3 Å². The number of nitrogens with zero attached hydrogens (tertiary/aromatic N) is 3. The van der Waals surface area contributed by atoms with Crippen molar-refractivity contribution < 1.29 is 9.59 Å². The van der Waals surface area contributed by atoms with Crippen LogP contribution in [0.15, 0.2) is 54.2 Å². The van der Waals surface area contributed by atoms with Gasteiger partial charge in [-0.15, -0.1) is 0 Å². The summed E-state index contributed by atoms with van der Waals surface area (Å²) in [6, 6.07) is 16.5. The van der Waals surface area contributed by atoms with Crippen molar-refractivity contribution >= 4 is 17.4 Å². The van der Waals surface area contributed by atoms with Gasteiger partial charge in [0.25, 0.3) is 11.8 Å². The summed E-state index contributed by atoms with van der Waals surface area (Å²) < 4.78 is 0. The minimum atomic E-state index is -0.174. The molecule has 1 fully saturated rings. The Bertz CT molecular complexity index is 989. The van der Waals surface area contributed by atoms with Gasteiger partial charge in [-0.2, -0.15) is 0 Å². The molecular weight excluding hydrogens is 374 g/mol. The van der Waals surface area contributed by atoms with Crippen LogP contribution in [0.5, 0.6) is 0 Å². The number of hydrogen-bond donors (Lipinski definition) is 0. The van der Waals surface area contributed by atoms with Crippen molar-refractivity contribution in [3.05, 3.63) is 76.5 Å². The van der Waals surface area contributed by atoms with Crippen LogP contribution >= 0.6 is 0 Å². The molecule has 0 bridgehead atoms. The Morgan fingerprint density at radius 1 is 0.833 bits per heavy atom. The maximum atomic E-state index is 13.1. The first kappa shape index (κ1) is 20.4. The SMILES string of the molecule is CCN1C(=O)C(c2ccc(C)c(C)c2)=C(N2CCN(Cc3ccccc3)CC2)C1=O. The van der Waals surface area contributed by atoms with Crippen LogP contribution < -0.4 is 0 Å². The molecule has 0 N–H and O–H groups in total. The second kappa shape index (κ2) is 8.44. The number of rotatable bonds is 5. The van der Waals surface area contributed by atoms with Gasteiger partial charge < -0.3 is 4.90 Å². The van der Waals surface area contributed by atoms with Crippen LogP contribution in [0.4, 0.5) is 0 Å². The van der Waals surface area contributed by atoms with Crippen molar-refractivity contribution in [3.63, 3.8) is 0 Å². The van der Waals surface area contributed by atoms with E-state index in [0.717, 1.165) is 43.9 Å². The first-order chi connectivity index (χ1) is 14.5. The Balaban J connectivity index is 1.59. The molecule has 0 aromatic heterocycles. The molecule has 5 heteroatoms. The van der Waals surface area contributed by atoms with E-state index in [1.54, 1.807) is 0 Å². The van der Waals surface area contributed by atoms with Crippen LogP contribution in [0.1, 0.15) is 29.2 Å². The fourth-order valence-electron chi connectivity index (χ4n) is 4.27. The Morgan fingerprint density at radius 3 is 2.17 bits per heavy atom. The van der Waals surface area contributed by atoms with Gasteiger partial charge in [0, 0.05) is 39.3 Å². The summed E-state index contributed by atoms with van der Waals surface area (Å²) in [5.74, 6) is -0.334. The number of hydrogen-bond acceptors (Lipinski definition) is 4. The summed E-state index contributed by atoms with van der Waals surface area (Å²) in [5, 5.41) is 0. The number of imide groups is 1. The second-order valence-electron chi connectivity index (χ2n) is 8.13. The molecule has 2 aromatic rings. The van der Waals surface area contributed by atoms with Crippen LogP contribution in [0.3, 0.4) is 0 Å². The molecule has 5 nitrogen and oxygen atoms in total. The number of benzene rings is 2. The maximum absolute atomic E-state index is 13.1. The molecule has 0 unspecified atom stereocenters. The third kappa shape index (κ3) is 3.77. The summed E-state index contributed by atoms with van der Waals surface area (Å²) in [5.41, 5.74) is 5.58. The Morgan fingerprint density at radius 2 is 1.53 bits per heavy atom. The quantitative estimate of drug-likeness (QED) is 0.719. The third-order valence-electron chi connectivity index (χ3n) is 6.19. The number of amides is 2. The largest absolute Gasteiger partial charge is 0.364 e. The van der Waals surface area contributed by atoms with Crippen molar-refractivity contribution in [2.75, 3.05) is 32.7 Å². The molecule has 2 aliphatic heterocycles. The zero-order valence-electron chi connectivity index (χ0n) is 18.0. The second-order valence-corrected chi connectivity index (χ2v) is 8.13. The smallest absolute Gasteiger partial charge is 0.277 e. The summed E-state index contributed by atoms with van der Waals surface area (Å²) in [6.07, 6.45) is 0.